The molecule has 2 heterocycles. The third-order valence-corrected chi connectivity index (χ3v) is 3.62. The lowest BCUT2D eigenvalue weighted by molar-refractivity contribution is -0.0494. The molecular weight excluding hydrogens is 274 g/mol. The van der Waals surface area contributed by atoms with Gasteiger partial charge >= 0.3 is 0 Å². The molecule has 1 aromatic rings. The van der Waals surface area contributed by atoms with Gasteiger partial charge in [0.15, 0.2) is 0 Å². The van der Waals surface area contributed by atoms with Crippen molar-refractivity contribution in [2.45, 2.75) is 25.7 Å². The Hall–Kier alpha value is -2.04. The second kappa shape index (κ2) is 6.16. The molecule has 0 unspecified atom stereocenters. The van der Waals surface area contributed by atoms with E-state index < -0.39 is 5.92 Å². The summed E-state index contributed by atoms with van der Waals surface area (Å²) < 4.78 is 26.2. The number of amides is 1. The van der Waals surface area contributed by atoms with Crippen LogP contribution in [0.3, 0.4) is 0 Å². The first-order valence-corrected chi connectivity index (χ1v) is 6.89. The van der Waals surface area contributed by atoms with Crippen molar-refractivity contribution >= 4 is 11.5 Å². The number of hydrogen-bond donors (Lipinski definition) is 0. The number of carbonyl (C=O) groups is 1. The van der Waals surface area contributed by atoms with Gasteiger partial charge in [-0.1, -0.05) is 18.7 Å². The van der Waals surface area contributed by atoms with E-state index in [-0.39, 0.29) is 31.8 Å². The molecule has 0 atom stereocenters. The summed E-state index contributed by atoms with van der Waals surface area (Å²) in [4.78, 5) is 17.9. The van der Waals surface area contributed by atoms with Crippen molar-refractivity contribution < 1.29 is 13.6 Å². The quantitative estimate of drug-likeness (QED) is 0.798. The molecule has 1 aromatic heterocycles. The van der Waals surface area contributed by atoms with Gasteiger partial charge in [-0.25, -0.2) is 8.78 Å². The molecule has 2 rings (SSSR count). The summed E-state index contributed by atoms with van der Waals surface area (Å²) in [6.07, 6.45) is 4.50. The molecule has 1 saturated heterocycles. The van der Waals surface area contributed by atoms with E-state index in [2.05, 4.69) is 11.6 Å². The minimum atomic E-state index is -2.65. The van der Waals surface area contributed by atoms with Crippen LogP contribution in [0.5, 0.6) is 0 Å². The van der Waals surface area contributed by atoms with Crippen LogP contribution < -0.4 is 0 Å². The molecule has 0 radical (unpaired) electrons. The van der Waals surface area contributed by atoms with Crippen LogP contribution in [0.25, 0.3) is 5.57 Å². The Morgan fingerprint density at radius 2 is 2.05 bits per heavy atom. The van der Waals surface area contributed by atoms with Crippen molar-refractivity contribution in [3.05, 3.63) is 48.3 Å². The molecule has 5 heteroatoms. The van der Waals surface area contributed by atoms with Crippen LogP contribution in [0.15, 0.2) is 37.1 Å². The van der Waals surface area contributed by atoms with Crippen molar-refractivity contribution in [2.24, 2.45) is 0 Å². The molecule has 0 saturated carbocycles. The van der Waals surface area contributed by atoms with Gasteiger partial charge in [-0.3, -0.25) is 9.78 Å². The van der Waals surface area contributed by atoms with E-state index in [0.29, 0.717) is 5.56 Å². The number of aromatic nitrogens is 1. The first-order chi connectivity index (χ1) is 9.96. The fourth-order valence-electron chi connectivity index (χ4n) is 2.28. The summed E-state index contributed by atoms with van der Waals surface area (Å²) in [5.41, 5.74) is 2.03. The third-order valence-electron chi connectivity index (χ3n) is 3.62. The van der Waals surface area contributed by atoms with E-state index in [9.17, 15) is 13.6 Å². The summed E-state index contributed by atoms with van der Waals surface area (Å²) in [6.45, 7) is 5.75. The summed E-state index contributed by atoms with van der Waals surface area (Å²) in [7, 11) is 0. The summed E-state index contributed by atoms with van der Waals surface area (Å²) in [5.74, 6) is -2.89. The van der Waals surface area contributed by atoms with Gasteiger partial charge in [-0.15, -0.1) is 0 Å². The highest BCUT2D eigenvalue weighted by Crippen LogP contribution is 2.28. The molecule has 112 valence electrons. The molecule has 21 heavy (non-hydrogen) atoms. The largest absolute Gasteiger partial charge is 0.338 e. The van der Waals surface area contributed by atoms with Gasteiger partial charge in [0, 0.05) is 32.1 Å². The van der Waals surface area contributed by atoms with Crippen LogP contribution in [0.4, 0.5) is 8.78 Å². The van der Waals surface area contributed by atoms with E-state index in [1.165, 1.54) is 11.1 Å². The molecule has 1 aliphatic rings. The normalized spacial score (nSPS) is 18.4. The third kappa shape index (κ3) is 3.54. The second-order valence-corrected chi connectivity index (χ2v) is 5.03. The molecule has 0 aliphatic carbocycles. The Labute approximate surface area is 123 Å². The summed E-state index contributed by atoms with van der Waals surface area (Å²) in [6, 6.07) is 3.41. The van der Waals surface area contributed by atoms with Crippen LogP contribution in [-0.2, 0) is 0 Å². The second-order valence-electron chi connectivity index (χ2n) is 5.03. The van der Waals surface area contributed by atoms with Crippen molar-refractivity contribution in [3.63, 3.8) is 0 Å². The number of pyridine rings is 1. The number of hydrogen-bond acceptors (Lipinski definition) is 2. The molecule has 0 aromatic carbocycles. The van der Waals surface area contributed by atoms with Gasteiger partial charge in [0.25, 0.3) is 11.8 Å². The predicted octanol–water partition coefficient (Wildman–Crippen LogP) is 3.54. The zero-order chi connectivity index (χ0) is 15.5. The lowest BCUT2D eigenvalue weighted by Crippen LogP contribution is -2.42. The van der Waals surface area contributed by atoms with Gasteiger partial charge in [0.05, 0.1) is 11.3 Å². The standard InChI is InChI=1S/C16H18F2N2O/c1-3-12(4-2)14-6-5-13(11-19-14)15(21)20-9-7-16(17,18)8-10-20/h3-6,11H,1,7-10H2,2H3. The van der Waals surface area contributed by atoms with Crippen molar-refractivity contribution in [3.8, 4) is 0 Å². The molecule has 1 aliphatic heterocycles. The maximum absolute atomic E-state index is 13.1. The topological polar surface area (TPSA) is 33.2 Å². The predicted molar refractivity (Wildman–Crippen MR) is 78.2 cm³/mol. The summed E-state index contributed by atoms with van der Waals surface area (Å²) >= 11 is 0. The lowest BCUT2D eigenvalue weighted by atomic mass is 10.1. The van der Waals surface area contributed by atoms with Crippen molar-refractivity contribution in [1.29, 1.82) is 0 Å². The van der Waals surface area contributed by atoms with Gasteiger partial charge in [-0.2, -0.15) is 0 Å². The van der Waals surface area contributed by atoms with Crippen LogP contribution in [0.2, 0.25) is 0 Å². The molecular formula is C16H18F2N2O. The minimum absolute atomic E-state index is 0.0837. The number of alkyl halides is 2. The molecule has 1 amide bonds. The zero-order valence-corrected chi connectivity index (χ0v) is 12.0. The Bertz CT molecular complexity index is 554. The highest BCUT2D eigenvalue weighted by Gasteiger charge is 2.35. The fourth-order valence-corrected chi connectivity index (χ4v) is 2.28. The highest BCUT2D eigenvalue weighted by molar-refractivity contribution is 5.94. The smallest absolute Gasteiger partial charge is 0.255 e. The van der Waals surface area contributed by atoms with Crippen LogP contribution in [0, 0.1) is 0 Å². The van der Waals surface area contributed by atoms with E-state index in [1.807, 2.05) is 13.0 Å². The highest BCUT2D eigenvalue weighted by atomic mass is 19.3. The lowest BCUT2D eigenvalue weighted by Gasteiger charge is -2.31. The maximum atomic E-state index is 13.1. The Morgan fingerprint density at radius 3 is 2.52 bits per heavy atom. The van der Waals surface area contributed by atoms with Gasteiger partial charge < -0.3 is 4.90 Å². The zero-order valence-electron chi connectivity index (χ0n) is 12.0. The maximum Gasteiger partial charge on any atom is 0.255 e. The molecule has 0 spiro atoms. The average Bonchev–Trinajstić information content (AvgIpc) is 2.48. The molecule has 0 bridgehead atoms. The van der Waals surface area contributed by atoms with Gasteiger partial charge in [-0.05, 0) is 24.6 Å². The molecule has 1 fully saturated rings. The number of likely N-dealkylation sites (tertiary alicyclic amines) is 1. The Kier molecular flexibility index (Phi) is 4.50. The van der Waals surface area contributed by atoms with E-state index in [4.69, 9.17) is 0 Å². The van der Waals surface area contributed by atoms with E-state index >= 15 is 0 Å². The average molecular weight is 292 g/mol. The summed E-state index contributed by atoms with van der Waals surface area (Å²) in [5, 5.41) is 0. The van der Waals surface area contributed by atoms with E-state index in [0.717, 1.165) is 11.3 Å². The first kappa shape index (κ1) is 15.4. The number of halogens is 2. The van der Waals surface area contributed by atoms with Crippen LogP contribution >= 0.6 is 0 Å². The van der Waals surface area contributed by atoms with Crippen molar-refractivity contribution in [1.82, 2.24) is 9.88 Å². The minimum Gasteiger partial charge on any atom is -0.338 e. The monoisotopic (exact) mass is 292 g/mol. The Balaban J connectivity index is 2.09. The Morgan fingerprint density at radius 1 is 1.38 bits per heavy atom. The SMILES string of the molecule is C=CC(=CC)c1ccc(C(=O)N2CCC(F)(F)CC2)cn1. The molecule has 3 nitrogen and oxygen atoms in total. The van der Waals surface area contributed by atoms with Crippen molar-refractivity contribution in [2.75, 3.05) is 13.1 Å². The molecule has 0 N–H and O–H groups in total. The van der Waals surface area contributed by atoms with Crippen LogP contribution in [-0.4, -0.2) is 34.8 Å². The number of piperidine rings is 1. The number of rotatable bonds is 3. The number of carbonyl (C=O) groups excluding carboxylic acids is 1. The van der Waals surface area contributed by atoms with Gasteiger partial charge in [0.1, 0.15) is 0 Å². The number of allylic oxidation sites excluding steroid dienone is 3. The number of nitrogens with zero attached hydrogens (tertiary/aromatic N) is 2. The first-order valence-electron chi connectivity index (χ1n) is 6.89. The van der Waals surface area contributed by atoms with E-state index in [1.54, 1.807) is 18.2 Å². The fraction of sp³-hybridized carbons (Fsp3) is 0.375. The van der Waals surface area contributed by atoms with Gasteiger partial charge in [0.2, 0.25) is 0 Å². The van der Waals surface area contributed by atoms with Crippen LogP contribution in [0.1, 0.15) is 35.8 Å².